The Morgan fingerprint density at radius 2 is 1.94 bits per heavy atom. The minimum Gasteiger partial charge on any atom is -0.335 e. The first-order valence-corrected chi connectivity index (χ1v) is 6.86. The molecule has 0 heterocycles. The highest BCUT2D eigenvalue weighted by atomic mass is 32.2. The fourth-order valence-electron chi connectivity index (χ4n) is 1.14. The number of rotatable bonds is 6. The third-order valence-corrected chi connectivity index (χ3v) is 3.45. The SMILES string of the molecule is C=CCN(C(=O)CN(C)S(C)(=O)=O)C(C)C. The van der Waals surface area contributed by atoms with Crippen LogP contribution in [0.1, 0.15) is 13.8 Å². The summed E-state index contributed by atoms with van der Waals surface area (Å²) in [7, 11) is -1.92. The van der Waals surface area contributed by atoms with Crippen molar-refractivity contribution in [2.45, 2.75) is 19.9 Å². The molecule has 0 saturated heterocycles. The molecule has 0 N–H and O–H groups in total. The normalized spacial score (nSPS) is 11.9. The quantitative estimate of drug-likeness (QED) is 0.635. The molecular formula is C10H20N2O3S. The number of sulfonamides is 1. The Kier molecular flexibility index (Phi) is 5.67. The van der Waals surface area contributed by atoms with Gasteiger partial charge < -0.3 is 4.90 Å². The van der Waals surface area contributed by atoms with E-state index in [4.69, 9.17) is 0 Å². The molecule has 0 aliphatic carbocycles. The Hall–Kier alpha value is -0.880. The van der Waals surface area contributed by atoms with E-state index in [2.05, 4.69) is 6.58 Å². The third-order valence-electron chi connectivity index (χ3n) is 2.19. The molecule has 0 fully saturated rings. The van der Waals surface area contributed by atoms with Crippen LogP contribution < -0.4 is 0 Å². The number of nitrogens with zero attached hydrogens (tertiary/aromatic N) is 2. The van der Waals surface area contributed by atoms with Crippen LogP contribution in [0, 0.1) is 0 Å². The lowest BCUT2D eigenvalue weighted by Crippen LogP contribution is -2.44. The summed E-state index contributed by atoms with van der Waals surface area (Å²) < 4.78 is 23.3. The van der Waals surface area contributed by atoms with Crippen LogP contribution in [0.3, 0.4) is 0 Å². The van der Waals surface area contributed by atoms with Crippen molar-refractivity contribution >= 4 is 15.9 Å². The van der Waals surface area contributed by atoms with Crippen molar-refractivity contribution in [2.75, 3.05) is 26.4 Å². The fraction of sp³-hybridized carbons (Fsp3) is 0.700. The molecule has 1 amide bonds. The van der Waals surface area contributed by atoms with Crippen molar-refractivity contribution < 1.29 is 13.2 Å². The average Bonchev–Trinajstić information content (AvgIpc) is 2.11. The highest BCUT2D eigenvalue weighted by Gasteiger charge is 2.20. The standard InChI is InChI=1S/C10H20N2O3S/c1-6-7-12(9(2)3)10(13)8-11(4)16(5,14)15/h6,9H,1,7-8H2,2-5H3. The summed E-state index contributed by atoms with van der Waals surface area (Å²) in [6.45, 7) is 7.61. The van der Waals surface area contributed by atoms with Gasteiger partial charge in [0.05, 0.1) is 12.8 Å². The summed E-state index contributed by atoms with van der Waals surface area (Å²) in [5, 5.41) is 0. The first-order valence-electron chi connectivity index (χ1n) is 5.01. The van der Waals surface area contributed by atoms with Gasteiger partial charge in [-0.1, -0.05) is 6.08 Å². The van der Waals surface area contributed by atoms with Crippen molar-refractivity contribution in [3.8, 4) is 0 Å². The predicted octanol–water partition coefficient (Wildman–Crippen LogP) is 0.301. The molecule has 16 heavy (non-hydrogen) atoms. The average molecular weight is 248 g/mol. The van der Waals surface area contributed by atoms with Gasteiger partial charge in [-0.3, -0.25) is 4.79 Å². The molecule has 0 unspecified atom stereocenters. The van der Waals surface area contributed by atoms with E-state index in [1.807, 2.05) is 13.8 Å². The van der Waals surface area contributed by atoms with Crippen LogP contribution in [-0.4, -0.2) is 56.0 Å². The largest absolute Gasteiger partial charge is 0.335 e. The molecular weight excluding hydrogens is 228 g/mol. The van der Waals surface area contributed by atoms with Crippen LogP contribution in [-0.2, 0) is 14.8 Å². The van der Waals surface area contributed by atoms with Crippen molar-refractivity contribution in [3.05, 3.63) is 12.7 Å². The highest BCUT2D eigenvalue weighted by molar-refractivity contribution is 7.88. The van der Waals surface area contributed by atoms with E-state index < -0.39 is 10.0 Å². The van der Waals surface area contributed by atoms with Crippen LogP contribution in [0.25, 0.3) is 0 Å². The molecule has 6 heteroatoms. The second-order valence-corrected chi connectivity index (χ2v) is 6.04. The van der Waals surface area contributed by atoms with Crippen molar-refractivity contribution in [1.29, 1.82) is 0 Å². The first kappa shape index (κ1) is 15.1. The predicted molar refractivity (Wildman–Crippen MR) is 64.5 cm³/mol. The monoisotopic (exact) mass is 248 g/mol. The lowest BCUT2D eigenvalue weighted by Gasteiger charge is -2.27. The molecule has 94 valence electrons. The molecule has 0 spiro atoms. The van der Waals surface area contributed by atoms with Gasteiger partial charge in [-0.05, 0) is 13.8 Å². The zero-order valence-electron chi connectivity index (χ0n) is 10.3. The van der Waals surface area contributed by atoms with Crippen LogP contribution in [0.15, 0.2) is 12.7 Å². The van der Waals surface area contributed by atoms with Crippen LogP contribution in [0.5, 0.6) is 0 Å². The molecule has 0 bridgehead atoms. The van der Waals surface area contributed by atoms with E-state index in [1.165, 1.54) is 7.05 Å². The topological polar surface area (TPSA) is 57.7 Å². The summed E-state index contributed by atoms with van der Waals surface area (Å²) in [4.78, 5) is 13.4. The van der Waals surface area contributed by atoms with Gasteiger partial charge in [0, 0.05) is 19.6 Å². The van der Waals surface area contributed by atoms with Gasteiger partial charge in [-0.15, -0.1) is 6.58 Å². The number of hydrogen-bond acceptors (Lipinski definition) is 3. The van der Waals surface area contributed by atoms with Crippen LogP contribution in [0.4, 0.5) is 0 Å². The van der Waals surface area contributed by atoms with Gasteiger partial charge in [0.1, 0.15) is 0 Å². The van der Waals surface area contributed by atoms with E-state index in [1.54, 1.807) is 11.0 Å². The summed E-state index contributed by atoms with van der Waals surface area (Å²) >= 11 is 0. The molecule has 0 atom stereocenters. The second kappa shape index (κ2) is 6.00. The number of likely N-dealkylation sites (N-methyl/N-ethyl adjacent to an activating group) is 1. The maximum Gasteiger partial charge on any atom is 0.238 e. The molecule has 0 aromatic heterocycles. The van der Waals surface area contributed by atoms with E-state index in [-0.39, 0.29) is 18.5 Å². The number of hydrogen-bond donors (Lipinski definition) is 0. The van der Waals surface area contributed by atoms with Crippen LogP contribution in [0.2, 0.25) is 0 Å². The summed E-state index contributed by atoms with van der Waals surface area (Å²) in [6, 6.07) is 0.0264. The Bertz CT molecular complexity index is 349. The van der Waals surface area contributed by atoms with Gasteiger partial charge in [-0.2, -0.15) is 4.31 Å². The molecule has 0 saturated carbocycles. The smallest absolute Gasteiger partial charge is 0.238 e. The lowest BCUT2D eigenvalue weighted by atomic mass is 10.3. The van der Waals surface area contributed by atoms with Crippen molar-refractivity contribution in [2.24, 2.45) is 0 Å². The molecule has 0 aromatic rings. The minimum atomic E-state index is -3.31. The minimum absolute atomic E-state index is 0.0264. The Labute approximate surface area is 97.8 Å². The molecule has 0 aliphatic heterocycles. The summed E-state index contributed by atoms with van der Waals surface area (Å²) in [5.74, 6) is -0.220. The van der Waals surface area contributed by atoms with Gasteiger partial charge >= 0.3 is 0 Å². The molecule has 5 nitrogen and oxygen atoms in total. The number of amides is 1. The van der Waals surface area contributed by atoms with E-state index >= 15 is 0 Å². The van der Waals surface area contributed by atoms with Gasteiger partial charge in [0.25, 0.3) is 0 Å². The van der Waals surface area contributed by atoms with Crippen molar-refractivity contribution in [1.82, 2.24) is 9.21 Å². The van der Waals surface area contributed by atoms with Gasteiger partial charge in [0.15, 0.2) is 0 Å². The first-order chi connectivity index (χ1) is 7.20. The number of carbonyl (C=O) groups excluding carboxylic acids is 1. The zero-order chi connectivity index (χ0) is 12.9. The van der Waals surface area contributed by atoms with Crippen molar-refractivity contribution in [3.63, 3.8) is 0 Å². The van der Waals surface area contributed by atoms with E-state index in [9.17, 15) is 13.2 Å². The number of carbonyl (C=O) groups is 1. The molecule has 0 aliphatic rings. The molecule has 0 aromatic carbocycles. The van der Waals surface area contributed by atoms with Gasteiger partial charge in [0.2, 0.25) is 15.9 Å². The molecule has 0 radical (unpaired) electrons. The Balaban J connectivity index is 4.60. The second-order valence-electron chi connectivity index (χ2n) is 3.95. The zero-order valence-corrected chi connectivity index (χ0v) is 11.1. The maximum absolute atomic E-state index is 11.8. The van der Waals surface area contributed by atoms with Crippen LogP contribution >= 0.6 is 0 Å². The van der Waals surface area contributed by atoms with Gasteiger partial charge in [-0.25, -0.2) is 8.42 Å². The fourth-order valence-corrected chi connectivity index (χ4v) is 1.48. The van der Waals surface area contributed by atoms with E-state index in [0.717, 1.165) is 10.6 Å². The Morgan fingerprint density at radius 3 is 2.25 bits per heavy atom. The van der Waals surface area contributed by atoms with E-state index in [0.29, 0.717) is 6.54 Å². The Morgan fingerprint density at radius 1 is 1.44 bits per heavy atom. The summed E-state index contributed by atoms with van der Waals surface area (Å²) in [6.07, 6.45) is 2.70. The third kappa shape index (κ3) is 4.76. The molecule has 0 rings (SSSR count). The highest BCUT2D eigenvalue weighted by Crippen LogP contribution is 2.02. The lowest BCUT2D eigenvalue weighted by molar-refractivity contribution is -0.132. The summed E-state index contributed by atoms with van der Waals surface area (Å²) in [5.41, 5.74) is 0. The maximum atomic E-state index is 11.8.